The molecule has 1 heterocycles. The van der Waals surface area contributed by atoms with Gasteiger partial charge in [0, 0.05) is 5.38 Å². The number of ether oxygens (including phenoxy) is 2. The number of anilines is 1. The minimum Gasteiger partial charge on any atom is -0.483 e. The average molecular weight is 348 g/mol. The summed E-state index contributed by atoms with van der Waals surface area (Å²) >= 11 is 1.25. The summed E-state index contributed by atoms with van der Waals surface area (Å²) in [5.74, 6) is 0.344. The van der Waals surface area contributed by atoms with E-state index in [1.54, 1.807) is 5.38 Å². The number of para-hydroxylation sites is 1. The third-order valence-electron chi connectivity index (χ3n) is 3.25. The molecule has 0 saturated carbocycles. The van der Waals surface area contributed by atoms with E-state index < -0.39 is 0 Å². The van der Waals surface area contributed by atoms with E-state index in [2.05, 4.69) is 28.9 Å². The zero-order valence-corrected chi connectivity index (χ0v) is 14.7. The fourth-order valence-corrected chi connectivity index (χ4v) is 2.78. The number of rotatable bonds is 7. The van der Waals surface area contributed by atoms with Gasteiger partial charge in [0.15, 0.2) is 11.7 Å². The maximum absolute atomic E-state index is 12.0. The van der Waals surface area contributed by atoms with Crippen LogP contribution in [0.3, 0.4) is 0 Å². The van der Waals surface area contributed by atoms with Gasteiger partial charge in [0.1, 0.15) is 5.75 Å². The molecule has 128 valence electrons. The number of methoxy groups -OCH3 is 1. The largest absolute Gasteiger partial charge is 0.483 e. The second-order valence-electron chi connectivity index (χ2n) is 5.43. The van der Waals surface area contributed by atoms with Crippen LogP contribution in [0, 0.1) is 0 Å². The first-order valence-electron chi connectivity index (χ1n) is 7.52. The number of thiazole rings is 1. The molecule has 0 aliphatic carbocycles. The predicted octanol–water partition coefficient (Wildman–Crippen LogP) is 3.00. The number of amides is 1. The lowest BCUT2D eigenvalue weighted by atomic mass is 10.0. The van der Waals surface area contributed by atoms with E-state index in [4.69, 9.17) is 4.74 Å². The van der Waals surface area contributed by atoms with Crippen molar-refractivity contribution in [2.45, 2.75) is 26.2 Å². The Bertz CT molecular complexity index is 712. The zero-order valence-electron chi connectivity index (χ0n) is 13.9. The molecule has 2 rings (SSSR count). The van der Waals surface area contributed by atoms with E-state index in [9.17, 15) is 9.59 Å². The van der Waals surface area contributed by atoms with Crippen molar-refractivity contribution in [3.8, 4) is 5.75 Å². The van der Waals surface area contributed by atoms with Crippen LogP contribution in [0.2, 0.25) is 0 Å². The van der Waals surface area contributed by atoms with Gasteiger partial charge in [0.25, 0.3) is 5.91 Å². The molecule has 1 amide bonds. The van der Waals surface area contributed by atoms with Gasteiger partial charge in [0.05, 0.1) is 19.2 Å². The molecule has 0 bridgehead atoms. The Hall–Kier alpha value is -2.41. The van der Waals surface area contributed by atoms with Crippen molar-refractivity contribution < 1.29 is 19.1 Å². The lowest BCUT2D eigenvalue weighted by Crippen LogP contribution is -2.20. The Labute approximate surface area is 144 Å². The molecule has 0 fully saturated rings. The quantitative estimate of drug-likeness (QED) is 0.778. The van der Waals surface area contributed by atoms with E-state index in [1.165, 1.54) is 18.4 Å². The molecular formula is C17H20N2O4S. The Morgan fingerprint density at radius 1 is 1.29 bits per heavy atom. The van der Waals surface area contributed by atoms with Crippen molar-refractivity contribution in [1.29, 1.82) is 0 Å². The Morgan fingerprint density at radius 2 is 2.04 bits per heavy atom. The number of nitrogens with one attached hydrogen (secondary N) is 1. The summed E-state index contributed by atoms with van der Waals surface area (Å²) in [4.78, 5) is 27.4. The minimum atomic E-state index is -0.369. The van der Waals surface area contributed by atoms with Crippen LogP contribution >= 0.6 is 11.3 Å². The highest BCUT2D eigenvalue weighted by Gasteiger charge is 2.12. The smallest absolute Gasteiger partial charge is 0.311 e. The van der Waals surface area contributed by atoms with Crippen LogP contribution in [0.15, 0.2) is 29.6 Å². The third kappa shape index (κ3) is 5.06. The fraction of sp³-hybridized carbons (Fsp3) is 0.353. The summed E-state index contributed by atoms with van der Waals surface area (Å²) < 4.78 is 10.2. The zero-order chi connectivity index (χ0) is 17.5. The van der Waals surface area contributed by atoms with Crippen molar-refractivity contribution in [2.75, 3.05) is 19.0 Å². The highest BCUT2D eigenvalue weighted by Crippen LogP contribution is 2.25. The van der Waals surface area contributed by atoms with Gasteiger partial charge >= 0.3 is 5.97 Å². The molecule has 0 atom stereocenters. The first kappa shape index (κ1) is 17.9. The van der Waals surface area contributed by atoms with Crippen LogP contribution in [0.1, 0.15) is 31.0 Å². The van der Waals surface area contributed by atoms with Crippen molar-refractivity contribution in [3.63, 3.8) is 0 Å². The van der Waals surface area contributed by atoms with Crippen molar-refractivity contribution >= 4 is 28.3 Å². The van der Waals surface area contributed by atoms with Gasteiger partial charge in [0.2, 0.25) is 0 Å². The number of hydrogen-bond donors (Lipinski definition) is 1. The van der Waals surface area contributed by atoms with Crippen LogP contribution in [0.25, 0.3) is 0 Å². The number of hydrogen-bond acceptors (Lipinski definition) is 6. The number of carbonyl (C=O) groups excluding carboxylic acids is 2. The van der Waals surface area contributed by atoms with Crippen LogP contribution in [0.5, 0.6) is 5.75 Å². The summed E-state index contributed by atoms with van der Waals surface area (Å²) in [6.45, 7) is 4.04. The molecule has 7 heteroatoms. The van der Waals surface area contributed by atoms with Gasteiger partial charge in [-0.15, -0.1) is 11.3 Å². The van der Waals surface area contributed by atoms with Gasteiger partial charge in [-0.3, -0.25) is 14.9 Å². The second-order valence-corrected chi connectivity index (χ2v) is 6.28. The van der Waals surface area contributed by atoms with E-state index >= 15 is 0 Å². The molecule has 2 aromatic rings. The van der Waals surface area contributed by atoms with E-state index in [1.807, 2.05) is 24.3 Å². The van der Waals surface area contributed by atoms with Crippen LogP contribution < -0.4 is 10.1 Å². The molecule has 0 radical (unpaired) electrons. The number of aromatic nitrogens is 1. The lowest BCUT2D eigenvalue weighted by Gasteiger charge is -2.13. The number of nitrogens with zero attached hydrogens (tertiary/aromatic N) is 1. The number of benzene rings is 1. The number of esters is 1. The first-order chi connectivity index (χ1) is 11.5. The van der Waals surface area contributed by atoms with E-state index in [0.717, 1.165) is 5.56 Å². The maximum atomic E-state index is 12.0. The highest BCUT2D eigenvalue weighted by atomic mass is 32.1. The monoisotopic (exact) mass is 348 g/mol. The molecule has 6 nitrogen and oxygen atoms in total. The van der Waals surface area contributed by atoms with Crippen molar-refractivity contribution in [3.05, 3.63) is 40.9 Å². The third-order valence-corrected chi connectivity index (χ3v) is 4.06. The van der Waals surface area contributed by atoms with Crippen LogP contribution in [-0.4, -0.2) is 30.6 Å². The Kier molecular flexibility index (Phi) is 6.31. The van der Waals surface area contributed by atoms with E-state index in [0.29, 0.717) is 22.5 Å². The second kappa shape index (κ2) is 8.44. The minimum absolute atomic E-state index is 0.0845. The summed E-state index contributed by atoms with van der Waals surface area (Å²) in [5, 5.41) is 4.80. The maximum Gasteiger partial charge on any atom is 0.311 e. The molecular weight excluding hydrogens is 328 g/mol. The highest BCUT2D eigenvalue weighted by molar-refractivity contribution is 7.13. The lowest BCUT2D eigenvalue weighted by molar-refractivity contribution is -0.139. The summed E-state index contributed by atoms with van der Waals surface area (Å²) in [6, 6.07) is 7.65. The molecule has 0 aliphatic heterocycles. The standard InChI is InChI=1S/C17H20N2O4S/c1-11(2)13-6-4-5-7-14(13)23-9-15(20)19-17-18-12(10-24-17)8-16(21)22-3/h4-7,10-11H,8-9H2,1-3H3,(H,18,19,20). The predicted molar refractivity (Wildman–Crippen MR) is 92.5 cm³/mol. The summed E-state index contributed by atoms with van der Waals surface area (Å²) in [5.41, 5.74) is 1.62. The normalized spacial score (nSPS) is 10.5. The van der Waals surface area contributed by atoms with Gasteiger partial charge < -0.3 is 9.47 Å². The van der Waals surface area contributed by atoms with Crippen molar-refractivity contribution in [1.82, 2.24) is 4.98 Å². The molecule has 1 aromatic heterocycles. The van der Waals surface area contributed by atoms with Crippen LogP contribution in [0.4, 0.5) is 5.13 Å². The van der Waals surface area contributed by atoms with Crippen LogP contribution in [-0.2, 0) is 20.7 Å². The SMILES string of the molecule is COC(=O)Cc1csc(NC(=O)COc2ccccc2C(C)C)n1. The van der Waals surface area contributed by atoms with E-state index in [-0.39, 0.29) is 24.9 Å². The Morgan fingerprint density at radius 3 is 2.75 bits per heavy atom. The van der Waals surface area contributed by atoms with Crippen molar-refractivity contribution in [2.24, 2.45) is 0 Å². The van der Waals surface area contributed by atoms with Gasteiger partial charge in [-0.05, 0) is 17.5 Å². The molecule has 0 saturated heterocycles. The molecule has 0 aliphatic rings. The molecule has 24 heavy (non-hydrogen) atoms. The molecule has 0 spiro atoms. The van der Waals surface area contributed by atoms with Gasteiger partial charge in [-0.25, -0.2) is 4.98 Å². The first-order valence-corrected chi connectivity index (χ1v) is 8.40. The molecule has 1 aromatic carbocycles. The number of carbonyl (C=O) groups is 2. The van der Waals surface area contributed by atoms with Gasteiger partial charge in [-0.1, -0.05) is 32.0 Å². The summed E-state index contributed by atoms with van der Waals surface area (Å²) in [7, 11) is 1.32. The summed E-state index contributed by atoms with van der Waals surface area (Å²) in [6.07, 6.45) is 0.0845. The Balaban J connectivity index is 1.89. The average Bonchev–Trinajstić information content (AvgIpc) is 2.99. The fourth-order valence-electron chi connectivity index (χ4n) is 2.05. The molecule has 0 unspecified atom stereocenters. The molecule has 1 N–H and O–H groups in total. The topological polar surface area (TPSA) is 77.5 Å². The van der Waals surface area contributed by atoms with Gasteiger partial charge in [-0.2, -0.15) is 0 Å².